The number of rotatable bonds is 3. The first-order valence-electron chi connectivity index (χ1n) is 9.05. The minimum atomic E-state index is -0.990. The van der Waals surface area contributed by atoms with Crippen molar-refractivity contribution in [1.29, 1.82) is 0 Å². The van der Waals surface area contributed by atoms with Gasteiger partial charge in [0.2, 0.25) is 0 Å². The van der Waals surface area contributed by atoms with E-state index in [9.17, 15) is 14.7 Å². The van der Waals surface area contributed by atoms with Gasteiger partial charge in [-0.15, -0.1) is 5.92 Å². The average Bonchev–Trinajstić information content (AvgIpc) is 3.07. The quantitative estimate of drug-likeness (QED) is 0.795. The zero-order valence-corrected chi connectivity index (χ0v) is 16.1. The van der Waals surface area contributed by atoms with E-state index < -0.39 is 11.6 Å². The molecule has 2 unspecified atom stereocenters. The molecule has 2 aromatic rings. The first-order chi connectivity index (χ1) is 12.8. The minimum absolute atomic E-state index is 0.0418. The van der Waals surface area contributed by atoms with Gasteiger partial charge in [-0.05, 0) is 20.3 Å². The number of aromatic nitrogens is 3. The van der Waals surface area contributed by atoms with E-state index in [2.05, 4.69) is 22.3 Å². The molecule has 0 saturated carbocycles. The van der Waals surface area contributed by atoms with Crippen LogP contribution in [0, 0.1) is 11.8 Å². The van der Waals surface area contributed by atoms with Crippen molar-refractivity contribution in [1.82, 2.24) is 24.6 Å². The van der Waals surface area contributed by atoms with Crippen molar-refractivity contribution < 1.29 is 9.90 Å². The maximum atomic E-state index is 12.6. The number of fused-ring (bicyclic) bond motifs is 1. The molecule has 144 valence electrons. The predicted molar refractivity (Wildman–Crippen MR) is 103 cm³/mol. The molecule has 0 spiro atoms. The maximum Gasteiger partial charge on any atom is 0.408 e. The van der Waals surface area contributed by atoms with Gasteiger partial charge >= 0.3 is 6.09 Å². The van der Waals surface area contributed by atoms with E-state index in [1.165, 1.54) is 15.5 Å². The summed E-state index contributed by atoms with van der Waals surface area (Å²) in [5.74, 6) is 5.80. The number of amides is 1. The van der Waals surface area contributed by atoms with E-state index in [1.807, 2.05) is 13.8 Å². The van der Waals surface area contributed by atoms with Gasteiger partial charge < -0.3 is 15.0 Å². The third-order valence-electron chi connectivity index (χ3n) is 5.41. The Labute approximate surface area is 157 Å². The molecule has 2 aromatic heterocycles. The van der Waals surface area contributed by atoms with Gasteiger partial charge in [-0.1, -0.05) is 12.8 Å². The summed E-state index contributed by atoms with van der Waals surface area (Å²) in [6.45, 7) is 6.85. The molecule has 3 heterocycles. The van der Waals surface area contributed by atoms with Gasteiger partial charge in [0, 0.05) is 37.8 Å². The fourth-order valence-electron chi connectivity index (χ4n) is 3.81. The summed E-state index contributed by atoms with van der Waals surface area (Å²) < 4.78 is 3.23. The van der Waals surface area contributed by atoms with Crippen LogP contribution in [0.4, 0.5) is 4.79 Å². The van der Waals surface area contributed by atoms with Gasteiger partial charge in [-0.2, -0.15) is 5.10 Å². The lowest BCUT2D eigenvalue weighted by Crippen LogP contribution is -2.63. The smallest absolute Gasteiger partial charge is 0.408 e. The predicted octanol–water partition coefficient (Wildman–Crippen LogP) is 1.34. The van der Waals surface area contributed by atoms with Crippen molar-refractivity contribution in [3.63, 3.8) is 0 Å². The average molecular weight is 371 g/mol. The number of piperazine rings is 1. The van der Waals surface area contributed by atoms with Crippen LogP contribution in [0.3, 0.4) is 0 Å². The number of carboxylic acid groups (broad SMARTS) is 1. The monoisotopic (exact) mass is 371 g/mol. The molecular weight excluding hydrogens is 346 g/mol. The summed E-state index contributed by atoms with van der Waals surface area (Å²) in [6, 6.07) is 1.57. The van der Waals surface area contributed by atoms with Crippen molar-refractivity contribution in [2.45, 2.75) is 45.3 Å². The highest BCUT2D eigenvalue weighted by Crippen LogP contribution is 2.37. The van der Waals surface area contributed by atoms with Gasteiger partial charge in [-0.3, -0.25) is 14.4 Å². The second-order valence-corrected chi connectivity index (χ2v) is 7.00. The van der Waals surface area contributed by atoms with E-state index in [1.54, 1.807) is 24.9 Å². The number of pyridine rings is 1. The van der Waals surface area contributed by atoms with Crippen molar-refractivity contribution >= 4 is 17.1 Å². The number of nitrogens with zero attached hydrogens (tertiary/aromatic N) is 4. The van der Waals surface area contributed by atoms with Crippen molar-refractivity contribution in [3.05, 3.63) is 28.2 Å². The second-order valence-electron chi connectivity index (χ2n) is 7.00. The summed E-state index contributed by atoms with van der Waals surface area (Å²) >= 11 is 0. The van der Waals surface area contributed by atoms with Crippen molar-refractivity contribution in [3.8, 4) is 11.8 Å². The summed E-state index contributed by atoms with van der Waals surface area (Å²) in [5, 5.41) is 17.9. The Morgan fingerprint density at radius 2 is 2.26 bits per heavy atom. The maximum absolute atomic E-state index is 12.6. The molecule has 1 saturated heterocycles. The molecule has 0 radical (unpaired) electrons. The molecule has 2 atom stereocenters. The SMILES string of the molecule is CC#CCn1cc2c(n1)c(C1(CC)CNC(C)CN1C(=O)O)cc(=O)n2C. The number of aryl methyl sites for hydroxylation is 1. The molecule has 8 nitrogen and oxygen atoms in total. The number of nitrogens with one attached hydrogen (secondary N) is 1. The van der Waals surface area contributed by atoms with Gasteiger partial charge in [0.15, 0.2) is 0 Å². The normalized spacial score (nSPS) is 22.5. The molecule has 1 fully saturated rings. The molecule has 3 rings (SSSR count). The first-order valence-corrected chi connectivity index (χ1v) is 9.05. The Balaban J connectivity index is 2.28. The molecular formula is C19H25N5O3. The number of hydrogen-bond donors (Lipinski definition) is 2. The fourth-order valence-corrected chi connectivity index (χ4v) is 3.81. The van der Waals surface area contributed by atoms with Crippen LogP contribution in [0.25, 0.3) is 11.0 Å². The molecule has 1 aliphatic rings. The Kier molecular flexibility index (Phi) is 4.98. The van der Waals surface area contributed by atoms with Crippen LogP contribution < -0.4 is 10.9 Å². The summed E-state index contributed by atoms with van der Waals surface area (Å²) in [7, 11) is 1.70. The zero-order chi connectivity index (χ0) is 19.8. The molecule has 1 aliphatic heterocycles. The minimum Gasteiger partial charge on any atom is -0.465 e. The Morgan fingerprint density at radius 1 is 1.52 bits per heavy atom. The van der Waals surface area contributed by atoms with Crippen LogP contribution >= 0.6 is 0 Å². The van der Waals surface area contributed by atoms with Gasteiger partial charge in [0.05, 0.1) is 17.3 Å². The standard InChI is InChI=1S/C19H25N5O3/c1-5-7-8-23-11-15-17(21-23)14(9-16(25)22(15)4)19(6-2)12-20-13(3)10-24(19)18(26)27/h9,11,13,20H,6,8,10,12H2,1-4H3,(H,26,27). The molecule has 8 heteroatoms. The van der Waals surface area contributed by atoms with Crippen LogP contribution in [0.15, 0.2) is 17.1 Å². The molecule has 1 amide bonds. The van der Waals surface area contributed by atoms with Crippen LogP contribution in [-0.2, 0) is 19.1 Å². The van der Waals surface area contributed by atoms with E-state index in [-0.39, 0.29) is 11.6 Å². The summed E-state index contributed by atoms with van der Waals surface area (Å²) in [4.78, 5) is 26.1. The largest absolute Gasteiger partial charge is 0.465 e. The third kappa shape index (κ3) is 3.08. The highest BCUT2D eigenvalue weighted by Gasteiger charge is 2.45. The Morgan fingerprint density at radius 3 is 2.89 bits per heavy atom. The lowest BCUT2D eigenvalue weighted by Gasteiger charge is -2.48. The van der Waals surface area contributed by atoms with E-state index in [4.69, 9.17) is 0 Å². The van der Waals surface area contributed by atoms with E-state index >= 15 is 0 Å². The second kappa shape index (κ2) is 7.08. The third-order valence-corrected chi connectivity index (χ3v) is 5.41. The summed E-state index contributed by atoms with van der Waals surface area (Å²) in [5.41, 5.74) is 0.926. The zero-order valence-electron chi connectivity index (χ0n) is 16.1. The lowest BCUT2D eigenvalue weighted by atomic mass is 9.82. The molecule has 0 aromatic carbocycles. The van der Waals surface area contributed by atoms with E-state index in [0.29, 0.717) is 42.7 Å². The van der Waals surface area contributed by atoms with E-state index in [0.717, 1.165) is 0 Å². The Hall–Kier alpha value is -2.79. The highest BCUT2D eigenvalue weighted by atomic mass is 16.4. The molecule has 27 heavy (non-hydrogen) atoms. The van der Waals surface area contributed by atoms with Crippen LogP contribution in [0.1, 0.15) is 32.8 Å². The molecule has 0 bridgehead atoms. The molecule has 2 N–H and O–H groups in total. The van der Waals surface area contributed by atoms with Crippen molar-refractivity contribution in [2.75, 3.05) is 13.1 Å². The lowest BCUT2D eigenvalue weighted by molar-refractivity contribution is 0.0391. The van der Waals surface area contributed by atoms with Gasteiger partial charge in [-0.25, -0.2) is 4.79 Å². The highest BCUT2D eigenvalue weighted by molar-refractivity contribution is 5.80. The molecule has 0 aliphatic carbocycles. The number of carbonyl (C=O) groups is 1. The van der Waals surface area contributed by atoms with Gasteiger partial charge in [0.25, 0.3) is 5.56 Å². The van der Waals surface area contributed by atoms with Gasteiger partial charge in [0.1, 0.15) is 12.1 Å². The Bertz CT molecular complexity index is 996. The first kappa shape index (κ1) is 19.0. The van der Waals surface area contributed by atoms with Crippen LogP contribution in [0.5, 0.6) is 0 Å². The topological polar surface area (TPSA) is 92.4 Å². The fraction of sp³-hybridized carbons (Fsp3) is 0.526. The number of hydrogen-bond acceptors (Lipinski definition) is 4. The van der Waals surface area contributed by atoms with Crippen molar-refractivity contribution in [2.24, 2.45) is 7.05 Å². The van der Waals surface area contributed by atoms with Crippen LogP contribution in [-0.4, -0.2) is 49.6 Å². The van der Waals surface area contributed by atoms with Crippen LogP contribution in [0.2, 0.25) is 0 Å². The summed E-state index contributed by atoms with van der Waals surface area (Å²) in [6.07, 6.45) is 1.33.